The first-order valence-corrected chi connectivity index (χ1v) is 3.67. The molecule has 1 aliphatic rings. The van der Waals surface area contributed by atoms with Crippen molar-refractivity contribution < 1.29 is 19.0 Å². The molecule has 64 valence electrons. The van der Waals surface area contributed by atoms with Gasteiger partial charge in [-0.25, -0.2) is 0 Å². The zero-order valence-corrected chi connectivity index (χ0v) is 6.49. The summed E-state index contributed by atoms with van der Waals surface area (Å²) in [5.74, 6) is 0. The van der Waals surface area contributed by atoms with Crippen LogP contribution in [0.25, 0.3) is 0 Å². The molecular formula is C7H12O4. The first kappa shape index (κ1) is 8.64. The van der Waals surface area contributed by atoms with Crippen molar-refractivity contribution in [1.82, 2.24) is 0 Å². The lowest BCUT2D eigenvalue weighted by atomic mass is 10.4. The second kappa shape index (κ2) is 4.43. The molecular weight excluding hydrogens is 148 g/mol. The van der Waals surface area contributed by atoms with Crippen molar-refractivity contribution in [2.75, 3.05) is 19.8 Å². The van der Waals surface area contributed by atoms with Crippen LogP contribution >= 0.6 is 0 Å². The molecule has 0 aromatic rings. The number of hydrogen-bond acceptors (Lipinski definition) is 4. The van der Waals surface area contributed by atoms with E-state index in [1.54, 1.807) is 0 Å². The van der Waals surface area contributed by atoms with Crippen LogP contribution < -0.4 is 0 Å². The fourth-order valence-electron chi connectivity index (χ4n) is 0.911. The third-order valence-electron chi connectivity index (χ3n) is 1.41. The van der Waals surface area contributed by atoms with E-state index in [1.807, 2.05) is 6.92 Å². The van der Waals surface area contributed by atoms with Crippen LogP contribution in [0.15, 0.2) is 0 Å². The molecule has 1 saturated heterocycles. The van der Waals surface area contributed by atoms with E-state index >= 15 is 0 Å². The Hall–Kier alpha value is -0.450. The van der Waals surface area contributed by atoms with E-state index in [-0.39, 0.29) is 6.10 Å². The van der Waals surface area contributed by atoms with Crippen LogP contribution in [0.2, 0.25) is 0 Å². The molecule has 4 nitrogen and oxygen atoms in total. The second-order valence-corrected chi connectivity index (χ2v) is 2.25. The minimum absolute atomic E-state index is 0.0174. The average molecular weight is 160 g/mol. The third-order valence-corrected chi connectivity index (χ3v) is 1.41. The molecule has 0 spiro atoms. The zero-order chi connectivity index (χ0) is 8.10. The summed E-state index contributed by atoms with van der Waals surface area (Å²) in [6.07, 6.45) is -0.0646. The van der Waals surface area contributed by atoms with E-state index in [0.29, 0.717) is 26.1 Å². The largest absolute Gasteiger partial charge is 0.374 e. The Morgan fingerprint density at radius 1 is 1.55 bits per heavy atom. The van der Waals surface area contributed by atoms with E-state index in [0.717, 1.165) is 0 Å². The zero-order valence-electron chi connectivity index (χ0n) is 6.49. The van der Waals surface area contributed by atoms with Gasteiger partial charge in [-0.1, -0.05) is 0 Å². The molecule has 11 heavy (non-hydrogen) atoms. The van der Waals surface area contributed by atoms with Gasteiger partial charge in [0.2, 0.25) is 6.29 Å². The van der Waals surface area contributed by atoms with Gasteiger partial charge in [-0.3, -0.25) is 4.79 Å². The van der Waals surface area contributed by atoms with Crippen molar-refractivity contribution in [2.24, 2.45) is 0 Å². The molecule has 4 heteroatoms. The minimum Gasteiger partial charge on any atom is -0.374 e. The number of carbonyl (C=O) groups is 1. The van der Waals surface area contributed by atoms with Crippen LogP contribution in [0.3, 0.4) is 0 Å². The fourth-order valence-corrected chi connectivity index (χ4v) is 0.911. The Morgan fingerprint density at radius 2 is 2.18 bits per heavy atom. The standard InChI is InChI=1S/C7H12O4/c1-2-9-6-4-10-7(3-8)11-5-6/h3,6-7H,2,4-5H2,1H3. The first-order valence-electron chi connectivity index (χ1n) is 3.67. The van der Waals surface area contributed by atoms with Gasteiger partial charge in [0, 0.05) is 6.61 Å². The molecule has 0 aromatic carbocycles. The van der Waals surface area contributed by atoms with Crippen LogP contribution in [0, 0.1) is 0 Å². The number of rotatable bonds is 3. The molecule has 0 N–H and O–H groups in total. The van der Waals surface area contributed by atoms with Gasteiger partial charge in [-0.05, 0) is 6.92 Å². The number of carbonyl (C=O) groups excluding carboxylic acids is 1. The normalized spacial score (nSPS) is 31.7. The Kier molecular flexibility index (Phi) is 3.48. The van der Waals surface area contributed by atoms with Crippen molar-refractivity contribution in [2.45, 2.75) is 19.3 Å². The molecule has 0 aromatic heterocycles. The highest BCUT2D eigenvalue weighted by Gasteiger charge is 2.21. The molecule has 0 atom stereocenters. The summed E-state index contributed by atoms with van der Waals surface area (Å²) in [7, 11) is 0. The lowest BCUT2D eigenvalue weighted by Crippen LogP contribution is -2.37. The van der Waals surface area contributed by atoms with Gasteiger partial charge in [-0.15, -0.1) is 0 Å². The van der Waals surface area contributed by atoms with Crippen LogP contribution in [0.5, 0.6) is 0 Å². The molecule has 0 aliphatic carbocycles. The van der Waals surface area contributed by atoms with Crippen LogP contribution in [0.1, 0.15) is 6.92 Å². The first-order chi connectivity index (χ1) is 5.36. The number of hydrogen-bond donors (Lipinski definition) is 0. The highest BCUT2D eigenvalue weighted by molar-refractivity contribution is 5.53. The smallest absolute Gasteiger partial charge is 0.214 e. The average Bonchev–Trinajstić information content (AvgIpc) is 2.07. The number of aldehydes is 1. The SMILES string of the molecule is CCOC1COC(C=O)OC1. The van der Waals surface area contributed by atoms with E-state index in [9.17, 15) is 4.79 Å². The molecule has 0 radical (unpaired) electrons. The fraction of sp³-hybridized carbons (Fsp3) is 0.857. The molecule has 1 aliphatic heterocycles. The van der Waals surface area contributed by atoms with Gasteiger partial charge in [0.25, 0.3) is 0 Å². The Bertz CT molecular complexity index is 118. The maximum atomic E-state index is 10.1. The van der Waals surface area contributed by atoms with Crippen LogP contribution in [0.4, 0.5) is 0 Å². The summed E-state index contributed by atoms with van der Waals surface area (Å²) >= 11 is 0. The highest BCUT2D eigenvalue weighted by Crippen LogP contribution is 2.06. The molecule has 0 bridgehead atoms. The molecule has 1 rings (SSSR count). The summed E-state index contributed by atoms with van der Waals surface area (Å²) in [5, 5.41) is 0. The lowest BCUT2D eigenvalue weighted by molar-refractivity contribution is -0.214. The van der Waals surface area contributed by atoms with Gasteiger partial charge in [0.1, 0.15) is 6.10 Å². The summed E-state index contributed by atoms with van der Waals surface area (Å²) in [4.78, 5) is 10.1. The van der Waals surface area contributed by atoms with Gasteiger partial charge in [0.15, 0.2) is 6.29 Å². The van der Waals surface area contributed by atoms with E-state index in [1.165, 1.54) is 0 Å². The number of ether oxygens (including phenoxy) is 3. The predicted octanol–water partition coefficient (Wildman–Crippen LogP) is -0.0367. The molecule has 0 saturated carbocycles. The Morgan fingerprint density at radius 3 is 2.64 bits per heavy atom. The third kappa shape index (κ3) is 2.57. The quantitative estimate of drug-likeness (QED) is 0.543. The maximum absolute atomic E-state index is 10.1. The van der Waals surface area contributed by atoms with Crippen molar-refractivity contribution in [3.63, 3.8) is 0 Å². The molecule has 0 unspecified atom stereocenters. The van der Waals surface area contributed by atoms with Gasteiger partial charge >= 0.3 is 0 Å². The van der Waals surface area contributed by atoms with Crippen LogP contribution in [-0.4, -0.2) is 38.5 Å². The van der Waals surface area contributed by atoms with Crippen molar-refractivity contribution in [3.05, 3.63) is 0 Å². The Balaban J connectivity index is 2.18. The highest BCUT2D eigenvalue weighted by atomic mass is 16.7. The van der Waals surface area contributed by atoms with Gasteiger partial charge in [-0.2, -0.15) is 0 Å². The maximum Gasteiger partial charge on any atom is 0.214 e. The van der Waals surface area contributed by atoms with E-state index < -0.39 is 6.29 Å². The Labute approximate surface area is 65.4 Å². The van der Waals surface area contributed by atoms with Crippen LogP contribution in [-0.2, 0) is 19.0 Å². The predicted molar refractivity (Wildman–Crippen MR) is 37.2 cm³/mol. The molecule has 0 amide bonds. The summed E-state index contributed by atoms with van der Waals surface area (Å²) in [6.45, 7) is 3.43. The lowest BCUT2D eigenvalue weighted by Gasteiger charge is -2.25. The van der Waals surface area contributed by atoms with Crippen molar-refractivity contribution in [1.29, 1.82) is 0 Å². The van der Waals surface area contributed by atoms with Gasteiger partial charge < -0.3 is 14.2 Å². The van der Waals surface area contributed by atoms with Gasteiger partial charge in [0.05, 0.1) is 13.2 Å². The second-order valence-electron chi connectivity index (χ2n) is 2.25. The minimum atomic E-state index is -0.688. The summed E-state index contributed by atoms with van der Waals surface area (Å²) < 4.78 is 15.2. The summed E-state index contributed by atoms with van der Waals surface area (Å²) in [6, 6.07) is 0. The van der Waals surface area contributed by atoms with Crippen molar-refractivity contribution in [3.8, 4) is 0 Å². The molecule has 1 heterocycles. The molecule has 1 fully saturated rings. The summed E-state index contributed by atoms with van der Waals surface area (Å²) in [5.41, 5.74) is 0. The van der Waals surface area contributed by atoms with Crippen molar-refractivity contribution >= 4 is 6.29 Å². The van der Waals surface area contributed by atoms with E-state index in [4.69, 9.17) is 14.2 Å². The van der Waals surface area contributed by atoms with E-state index in [2.05, 4.69) is 0 Å². The topological polar surface area (TPSA) is 44.8 Å². The monoisotopic (exact) mass is 160 g/mol.